The van der Waals surface area contributed by atoms with E-state index in [0.29, 0.717) is 0 Å². The summed E-state index contributed by atoms with van der Waals surface area (Å²) in [6, 6.07) is 0. The predicted octanol–water partition coefficient (Wildman–Crippen LogP) is 6.08. The van der Waals surface area contributed by atoms with Crippen molar-refractivity contribution in [3.05, 3.63) is 0 Å². The largest absolute Gasteiger partial charge is 0.286 e. The van der Waals surface area contributed by atoms with E-state index in [1.165, 1.54) is 0 Å². The Labute approximate surface area is 423 Å². The number of rotatable bonds is 0. The van der Waals surface area contributed by atoms with Gasteiger partial charge in [-0.2, -0.15) is 0 Å². The van der Waals surface area contributed by atoms with Gasteiger partial charge in [-0.15, -0.1) is 186 Å². The van der Waals surface area contributed by atoms with Crippen molar-refractivity contribution in [3.63, 3.8) is 0 Å². The fraction of sp³-hybridized carbons (Fsp3) is 1.00. The van der Waals surface area contributed by atoms with Gasteiger partial charge >= 0.3 is 0 Å². The van der Waals surface area contributed by atoms with Gasteiger partial charge < -0.3 is 0 Å². The molecule has 9 rings (SSSR count). The first-order valence-electron chi connectivity index (χ1n) is 18.8. The van der Waals surface area contributed by atoms with Crippen LogP contribution in [0.1, 0.15) is 0 Å². The first-order valence-corrected chi connectivity index (χ1v) is 25.8. The quantitative estimate of drug-likeness (QED) is 0.110. The van der Waals surface area contributed by atoms with Crippen molar-refractivity contribution >= 4 is 186 Å². The molecule has 0 aromatic carbocycles. The summed E-state index contributed by atoms with van der Waals surface area (Å²) in [6.45, 7) is 0. The summed E-state index contributed by atoms with van der Waals surface area (Å²) in [6.07, 6.45) is -3.49. The summed E-state index contributed by atoms with van der Waals surface area (Å²) < 4.78 is 0. The molecule has 9 aliphatic rings. The van der Waals surface area contributed by atoms with E-state index < -0.39 is 135 Å². The average Bonchev–Trinajstić information content (AvgIpc) is 3.92. The van der Waals surface area contributed by atoms with Crippen LogP contribution in [0, 0.1) is 47.3 Å². The van der Waals surface area contributed by atoms with E-state index in [4.69, 9.17) is 186 Å². The third-order valence-corrected chi connectivity index (χ3v) is 24.7. The summed E-state index contributed by atoms with van der Waals surface area (Å²) in [5, 5.41) is 21.0. The molecule has 8 nitrogen and oxygen atoms in total. The first-order chi connectivity index (χ1) is 26.4. The second-order valence-electron chi connectivity index (χ2n) is 16.9. The Morgan fingerprint density at radius 2 is 0.246 bits per heavy atom. The topological polar surface area (TPSA) is 96.2 Å². The van der Waals surface area contributed by atoms with Crippen molar-refractivity contribution in [2.24, 2.45) is 47.3 Å². The molecule has 327 valence electrons. The number of hydrogen-bond acceptors (Lipinski definition) is 8. The van der Waals surface area contributed by atoms with Crippen molar-refractivity contribution in [3.8, 4) is 0 Å². The van der Waals surface area contributed by atoms with Crippen LogP contribution in [-0.2, 0) is 17.1 Å². The van der Waals surface area contributed by atoms with Gasteiger partial charge in [0, 0.05) is 64.4 Å². The summed E-state index contributed by atoms with van der Waals surface area (Å²) in [4.78, 5) is 0. The Kier molecular flexibility index (Phi) is 15.6. The van der Waals surface area contributed by atoms with Gasteiger partial charge in [-0.25, -0.2) is 0 Å². The first kappa shape index (κ1) is 48.3. The van der Waals surface area contributed by atoms with Crippen LogP contribution >= 0.6 is 186 Å². The van der Waals surface area contributed by atoms with Crippen LogP contribution in [0.4, 0.5) is 0 Å². The minimum absolute atomic E-state index is 0. The van der Waals surface area contributed by atoms with Crippen molar-refractivity contribution in [1.29, 1.82) is 0 Å². The second kappa shape index (κ2) is 18.4. The molecule has 4 aliphatic carbocycles. The van der Waals surface area contributed by atoms with Crippen LogP contribution in [-0.4, -0.2) is 135 Å². The van der Waals surface area contributed by atoms with E-state index in [1.807, 2.05) is 0 Å². The molecule has 5 aliphatic heterocycles. The van der Waals surface area contributed by atoms with Crippen molar-refractivity contribution in [2.75, 3.05) is 0 Å². The second-order valence-corrected chi connectivity index (χ2v) is 24.9. The Hall–Kier alpha value is 4.84. The number of halogens is 16. The third-order valence-electron chi connectivity index (χ3n) is 14.3. The van der Waals surface area contributed by atoms with Crippen LogP contribution < -0.4 is 42.5 Å². The van der Waals surface area contributed by atoms with Crippen molar-refractivity contribution < 1.29 is 17.1 Å². The predicted molar refractivity (Wildman–Crippen MR) is 238 cm³/mol. The molecule has 8 bridgehead atoms. The molecule has 9 fully saturated rings. The van der Waals surface area contributed by atoms with Crippen LogP contribution in [0.5, 0.6) is 0 Å². The van der Waals surface area contributed by atoms with Gasteiger partial charge in [0.15, 0.2) is 0 Å². The monoisotopic (exact) mass is 1150 g/mol. The minimum Gasteiger partial charge on any atom is -0.286 e. The van der Waals surface area contributed by atoms with Crippen LogP contribution in [0.15, 0.2) is 0 Å². The maximum absolute atomic E-state index is 7.25. The zero-order chi connectivity index (χ0) is 40.1. The Balaban J connectivity index is 0.00000455. The maximum atomic E-state index is 7.25. The SMILES string of the molecule is ClC1C(Cl)C(Cl)C2C3NC(NC4NC(NC5NC(NC6NC(N3)C3C(Cl)C(Cl)C(Cl)C(Cl)C63)C3C(Cl)C(Cl)C(Cl)C(Cl)C53)C3C(Cl)C(Cl)C(Cl)C(Cl)C43)C2C1Cl.[Mn]. The Morgan fingerprint density at radius 3 is 0.333 bits per heavy atom. The zero-order valence-corrected chi connectivity index (χ0v) is 42.2. The molecule has 0 amide bonds. The van der Waals surface area contributed by atoms with Gasteiger partial charge in [0.25, 0.3) is 0 Å². The average molecular weight is 1160 g/mol. The van der Waals surface area contributed by atoms with E-state index in [2.05, 4.69) is 42.5 Å². The fourth-order valence-corrected chi connectivity index (χ4v) is 18.7. The van der Waals surface area contributed by atoms with Crippen LogP contribution in [0.2, 0.25) is 0 Å². The molecule has 1 radical (unpaired) electrons. The number of alkyl halides is 16. The Bertz CT molecular complexity index is 1170. The van der Waals surface area contributed by atoms with Crippen LogP contribution in [0.25, 0.3) is 0 Å². The molecule has 4 saturated carbocycles. The van der Waals surface area contributed by atoms with Gasteiger partial charge in [-0.05, 0) is 0 Å². The smallest absolute Gasteiger partial charge is 0.0681 e. The molecule has 8 N–H and O–H groups in total. The van der Waals surface area contributed by atoms with Gasteiger partial charge in [-0.1, -0.05) is 0 Å². The van der Waals surface area contributed by atoms with Gasteiger partial charge in [0.1, 0.15) is 0 Å². The molecule has 25 heteroatoms. The van der Waals surface area contributed by atoms with E-state index in [0.717, 1.165) is 0 Å². The molecule has 0 aromatic heterocycles. The van der Waals surface area contributed by atoms with E-state index >= 15 is 0 Å². The van der Waals surface area contributed by atoms with Crippen LogP contribution in [0.3, 0.4) is 0 Å². The molecular formula is C32H40Cl16MnN8. The maximum Gasteiger partial charge on any atom is 0.0681 e. The third kappa shape index (κ3) is 7.75. The normalized spacial score (nSPS) is 64.8. The van der Waals surface area contributed by atoms with Crippen molar-refractivity contribution in [2.45, 2.75) is 135 Å². The molecule has 24 atom stereocenters. The summed E-state index contributed by atoms with van der Waals surface area (Å²) in [5.41, 5.74) is 0. The van der Waals surface area contributed by atoms with E-state index in [1.54, 1.807) is 0 Å². The molecule has 57 heavy (non-hydrogen) atoms. The summed E-state index contributed by atoms with van der Waals surface area (Å²) >= 11 is 113. The Morgan fingerprint density at radius 1 is 0.158 bits per heavy atom. The van der Waals surface area contributed by atoms with E-state index in [9.17, 15) is 0 Å². The molecule has 5 saturated heterocycles. The molecule has 0 spiro atoms. The van der Waals surface area contributed by atoms with E-state index in [-0.39, 0.29) is 64.4 Å². The fourth-order valence-electron chi connectivity index (χ4n) is 11.8. The van der Waals surface area contributed by atoms with Gasteiger partial charge in [-0.3, -0.25) is 42.5 Å². The van der Waals surface area contributed by atoms with Crippen molar-refractivity contribution in [1.82, 2.24) is 42.5 Å². The number of fused-ring (bicyclic) bond motifs is 20. The molecule has 0 aromatic rings. The minimum atomic E-state index is -0.618. The molecule has 5 heterocycles. The molecular weight excluding hydrogens is 1120 g/mol. The number of nitrogens with one attached hydrogen (secondary N) is 8. The van der Waals surface area contributed by atoms with Gasteiger partial charge in [0.05, 0.1) is 135 Å². The standard InChI is InChI=1S/C32H40Cl16N8.Mn/c33-9-1-2(10(34)18(42)17(9)41)26-49-25(1)53-27-3-4(12(36)20(44)19(43)11(3)35)29(50-27)55-31-7-8(16(40)24(48)23(47)15(7)39)32(52-31)56-30-6-5(28(51-30)54-26)13(37)21(45)22(46)14(6)38;/h1-32,49-56H;. The number of hydrogen-bond donors (Lipinski definition) is 8. The van der Waals surface area contributed by atoms with Gasteiger partial charge in [0.2, 0.25) is 0 Å². The zero-order valence-electron chi connectivity index (χ0n) is 28.9. The molecule has 24 unspecified atom stereocenters. The summed E-state index contributed by atoms with van der Waals surface area (Å²) in [7, 11) is 0. The summed E-state index contributed by atoms with van der Waals surface area (Å²) in [5.74, 6) is -2.37.